The minimum Gasteiger partial charge on any atom is -0.480 e. The molecule has 1 rings (SSSR count). The molecule has 0 saturated carbocycles. The first-order chi connectivity index (χ1) is 6.82. The van der Waals surface area contributed by atoms with Crippen LogP contribution in [0.25, 0.3) is 0 Å². The van der Waals surface area contributed by atoms with Gasteiger partial charge in [0.25, 0.3) is 0 Å². The van der Waals surface area contributed by atoms with Crippen molar-refractivity contribution in [2.24, 2.45) is 0 Å². The van der Waals surface area contributed by atoms with Gasteiger partial charge in [0.2, 0.25) is 5.91 Å². The molecule has 1 aliphatic rings. The highest BCUT2D eigenvalue weighted by Gasteiger charge is 2.34. The maximum Gasteiger partial charge on any atom is 0.324 e. The van der Waals surface area contributed by atoms with E-state index in [0.29, 0.717) is 6.42 Å². The van der Waals surface area contributed by atoms with Crippen molar-refractivity contribution in [2.45, 2.75) is 39.2 Å². The van der Waals surface area contributed by atoms with Crippen LogP contribution in [0.1, 0.15) is 33.6 Å². The van der Waals surface area contributed by atoms with Crippen molar-refractivity contribution in [1.29, 1.82) is 0 Å². The summed E-state index contributed by atoms with van der Waals surface area (Å²) in [4.78, 5) is 22.3. The molecular formula is C10H18N2O3. The Kier molecular flexibility index (Phi) is 3.34. The van der Waals surface area contributed by atoms with E-state index in [1.54, 1.807) is 0 Å². The van der Waals surface area contributed by atoms with Crippen LogP contribution in [-0.4, -0.2) is 45.6 Å². The van der Waals surface area contributed by atoms with Gasteiger partial charge in [-0.15, -0.1) is 0 Å². The van der Waals surface area contributed by atoms with E-state index in [-0.39, 0.29) is 18.0 Å². The smallest absolute Gasteiger partial charge is 0.324 e. The van der Waals surface area contributed by atoms with E-state index in [4.69, 9.17) is 5.11 Å². The molecule has 0 unspecified atom stereocenters. The van der Waals surface area contributed by atoms with Gasteiger partial charge in [0.1, 0.15) is 6.54 Å². The summed E-state index contributed by atoms with van der Waals surface area (Å²) in [7, 11) is 0. The maximum atomic E-state index is 11.6. The molecule has 0 bridgehead atoms. The number of hydrogen-bond donors (Lipinski definition) is 1. The van der Waals surface area contributed by atoms with Crippen molar-refractivity contribution in [1.82, 2.24) is 10.0 Å². The average Bonchev–Trinajstić information content (AvgIpc) is 2.05. The molecule has 5 nitrogen and oxygen atoms in total. The van der Waals surface area contributed by atoms with Crippen LogP contribution in [0, 0.1) is 0 Å². The predicted octanol–water partition coefficient (Wildman–Crippen LogP) is 0.709. The average molecular weight is 214 g/mol. The molecule has 0 aliphatic carbocycles. The zero-order valence-corrected chi connectivity index (χ0v) is 9.49. The number of aliphatic carboxylic acids is 1. The van der Waals surface area contributed by atoms with Crippen LogP contribution >= 0.6 is 0 Å². The molecule has 0 aromatic carbocycles. The number of hydrazine groups is 1. The van der Waals surface area contributed by atoms with Gasteiger partial charge in [-0.05, 0) is 27.2 Å². The molecule has 1 fully saturated rings. The summed E-state index contributed by atoms with van der Waals surface area (Å²) in [6.07, 6.45) is 1.24. The highest BCUT2D eigenvalue weighted by Crippen LogP contribution is 2.22. The fraction of sp³-hybridized carbons (Fsp3) is 0.800. The standard InChI is InChI=1S/C10H18N2O3/c1-10(2,3)12-6-4-5-8(13)11(12)7-9(14)15/h4-7H2,1-3H3,(H,14,15). The zero-order valence-electron chi connectivity index (χ0n) is 9.49. The lowest BCUT2D eigenvalue weighted by atomic mass is 10.1. The summed E-state index contributed by atoms with van der Waals surface area (Å²) < 4.78 is 0. The topological polar surface area (TPSA) is 60.9 Å². The summed E-state index contributed by atoms with van der Waals surface area (Å²) in [5.41, 5.74) is -0.217. The van der Waals surface area contributed by atoms with Crippen molar-refractivity contribution in [3.63, 3.8) is 0 Å². The van der Waals surface area contributed by atoms with Crippen LogP contribution < -0.4 is 0 Å². The largest absolute Gasteiger partial charge is 0.480 e. The third-order valence-corrected chi connectivity index (χ3v) is 2.40. The van der Waals surface area contributed by atoms with Gasteiger partial charge in [-0.1, -0.05) is 0 Å². The molecule has 1 saturated heterocycles. The molecule has 1 N–H and O–H groups in total. The van der Waals surface area contributed by atoms with E-state index in [0.717, 1.165) is 13.0 Å². The molecule has 86 valence electrons. The van der Waals surface area contributed by atoms with E-state index < -0.39 is 5.97 Å². The monoisotopic (exact) mass is 214 g/mol. The number of carboxylic acid groups (broad SMARTS) is 1. The Hall–Kier alpha value is -1.10. The van der Waals surface area contributed by atoms with E-state index in [9.17, 15) is 9.59 Å². The molecular weight excluding hydrogens is 196 g/mol. The number of carboxylic acids is 1. The van der Waals surface area contributed by atoms with Gasteiger partial charge in [0, 0.05) is 18.5 Å². The van der Waals surface area contributed by atoms with Crippen molar-refractivity contribution >= 4 is 11.9 Å². The number of amides is 1. The molecule has 0 aromatic rings. The van der Waals surface area contributed by atoms with Gasteiger partial charge in [-0.25, -0.2) is 5.01 Å². The summed E-state index contributed by atoms with van der Waals surface area (Å²) in [6, 6.07) is 0. The zero-order chi connectivity index (χ0) is 11.6. The Labute approximate surface area is 89.6 Å². The summed E-state index contributed by atoms with van der Waals surface area (Å²) >= 11 is 0. The molecule has 0 spiro atoms. The van der Waals surface area contributed by atoms with Gasteiger partial charge < -0.3 is 5.11 Å². The Morgan fingerprint density at radius 3 is 2.53 bits per heavy atom. The first-order valence-electron chi connectivity index (χ1n) is 5.12. The van der Waals surface area contributed by atoms with E-state index >= 15 is 0 Å². The van der Waals surface area contributed by atoms with Crippen molar-refractivity contribution in [2.75, 3.05) is 13.1 Å². The fourth-order valence-corrected chi connectivity index (χ4v) is 1.76. The first-order valence-corrected chi connectivity index (χ1v) is 5.12. The maximum absolute atomic E-state index is 11.6. The third kappa shape index (κ3) is 2.92. The number of carbonyl (C=O) groups is 2. The SMILES string of the molecule is CC(C)(C)N1CCCC(=O)N1CC(=O)O. The normalized spacial score (nSPS) is 19.4. The lowest BCUT2D eigenvalue weighted by Gasteiger charge is -2.45. The van der Waals surface area contributed by atoms with Crippen LogP contribution in [-0.2, 0) is 9.59 Å². The minimum atomic E-state index is -0.973. The number of rotatable bonds is 2. The van der Waals surface area contributed by atoms with Crippen LogP contribution in [0.3, 0.4) is 0 Å². The summed E-state index contributed by atoms with van der Waals surface area (Å²) in [5, 5.41) is 11.9. The van der Waals surface area contributed by atoms with E-state index in [2.05, 4.69) is 0 Å². The summed E-state index contributed by atoms with van der Waals surface area (Å²) in [5.74, 6) is -1.07. The number of carbonyl (C=O) groups excluding carboxylic acids is 1. The lowest BCUT2D eigenvalue weighted by Crippen LogP contribution is -2.59. The quantitative estimate of drug-likeness (QED) is 0.735. The van der Waals surface area contributed by atoms with Crippen LogP contribution in [0.15, 0.2) is 0 Å². The lowest BCUT2D eigenvalue weighted by molar-refractivity contribution is -0.175. The highest BCUT2D eigenvalue weighted by atomic mass is 16.4. The van der Waals surface area contributed by atoms with Gasteiger partial charge in [0.05, 0.1) is 0 Å². The highest BCUT2D eigenvalue weighted by molar-refractivity contribution is 5.81. The van der Waals surface area contributed by atoms with E-state index in [1.165, 1.54) is 5.01 Å². The molecule has 1 aliphatic heterocycles. The van der Waals surface area contributed by atoms with Gasteiger partial charge in [-0.2, -0.15) is 0 Å². The molecule has 0 aromatic heterocycles. The summed E-state index contributed by atoms with van der Waals surface area (Å²) in [6.45, 7) is 6.42. The van der Waals surface area contributed by atoms with Gasteiger partial charge >= 0.3 is 5.97 Å². The van der Waals surface area contributed by atoms with E-state index in [1.807, 2.05) is 25.8 Å². The van der Waals surface area contributed by atoms with Crippen LogP contribution in [0.5, 0.6) is 0 Å². The predicted molar refractivity (Wildman–Crippen MR) is 55.0 cm³/mol. The number of nitrogens with zero attached hydrogens (tertiary/aromatic N) is 2. The second-order valence-electron chi connectivity index (χ2n) is 4.74. The van der Waals surface area contributed by atoms with Crippen molar-refractivity contribution in [3.05, 3.63) is 0 Å². The van der Waals surface area contributed by atoms with Crippen molar-refractivity contribution in [3.8, 4) is 0 Å². The molecule has 1 amide bonds. The molecule has 1 heterocycles. The molecule has 0 atom stereocenters. The third-order valence-electron chi connectivity index (χ3n) is 2.40. The van der Waals surface area contributed by atoms with Gasteiger partial charge in [-0.3, -0.25) is 14.6 Å². The first kappa shape index (κ1) is 12.0. The fourth-order valence-electron chi connectivity index (χ4n) is 1.76. The van der Waals surface area contributed by atoms with Crippen LogP contribution in [0.2, 0.25) is 0 Å². The Bertz CT molecular complexity index is 270. The Morgan fingerprint density at radius 1 is 1.47 bits per heavy atom. The number of hydrogen-bond acceptors (Lipinski definition) is 3. The second kappa shape index (κ2) is 4.18. The Balaban J connectivity index is 2.82. The van der Waals surface area contributed by atoms with Crippen molar-refractivity contribution < 1.29 is 14.7 Å². The molecule has 0 radical (unpaired) electrons. The Morgan fingerprint density at radius 2 is 2.07 bits per heavy atom. The van der Waals surface area contributed by atoms with Crippen LogP contribution in [0.4, 0.5) is 0 Å². The molecule has 15 heavy (non-hydrogen) atoms. The minimum absolute atomic E-state index is 0.0985. The molecule has 5 heteroatoms. The van der Waals surface area contributed by atoms with Gasteiger partial charge in [0.15, 0.2) is 0 Å². The second-order valence-corrected chi connectivity index (χ2v) is 4.74.